The highest BCUT2D eigenvalue weighted by atomic mass is 16.2. The van der Waals surface area contributed by atoms with Crippen molar-refractivity contribution in [2.75, 3.05) is 20.1 Å². The van der Waals surface area contributed by atoms with Gasteiger partial charge in [0, 0.05) is 40.3 Å². The van der Waals surface area contributed by atoms with Crippen molar-refractivity contribution >= 4 is 17.3 Å². The van der Waals surface area contributed by atoms with Gasteiger partial charge in [0.15, 0.2) is 0 Å². The lowest BCUT2D eigenvalue weighted by molar-refractivity contribution is -0.123. The van der Waals surface area contributed by atoms with Gasteiger partial charge in [0.2, 0.25) is 0 Å². The van der Waals surface area contributed by atoms with Gasteiger partial charge in [-0.25, -0.2) is 4.99 Å². The summed E-state index contributed by atoms with van der Waals surface area (Å²) in [6.45, 7) is 13.9. The first-order chi connectivity index (χ1) is 13.3. The molecule has 3 rings (SSSR count). The summed E-state index contributed by atoms with van der Waals surface area (Å²) in [7, 11) is 2.13. The highest BCUT2D eigenvalue weighted by Crippen LogP contribution is 2.32. The molecule has 0 atom stereocenters. The van der Waals surface area contributed by atoms with Gasteiger partial charge >= 0.3 is 0 Å². The highest BCUT2D eigenvalue weighted by Gasteiger charge is 2.37. The van der Waals surface area contributed by atoms with Gasteiger partial charge in [-0.2, -0.15) is 0 Å². The Labute approximate surface area is 168 Å². The number of aliphatic imine (C=N–C) groups is 1. The third-order valence-corrected chi connectivity index (χ3v) is 5.32. The Morgan fingerprint density at radius 1 is 1.21 bits per heavy atom. The van der Waals surface area contributed by atoms with Crippen molar-refractivity contribution in [2.45, 2.75) is 46.6 Å². The second-order valence-electron chi connectivity index (χ2n) is 8.04. The summed E-state index contributed by atoms with van der Waals surface area (Å²) >= 11 is 0. The lowest BCUT2D eigenvalue weighted by Gasteiger charge is -2.40. The molecule has 28 heavy (non-hydrogen) atoms. The van der Waals surface area contributed by atoms with Crippen molar-refractivity contribution in [2.24, 2.45) is 4.99 Å². The minimum Gasteiger partial charge on any atom is -0.306 e. The largest absolute Gasteiger partial charge is 0.306 e. The van der Waals surface area contributed by atoms with Crippen molar-refractivity contribution in [1.29, 1.82) is 0 Å². The fourth-order valence-corrected chi connectivity index (χ4v) is 3.72. The van der Waals surface area contributed by atoms with Gasteiger partial charge in [-0.05, 0) is 72.8 Å². The van der Waals surface area contributed by atoms with E-state index in [-0.39, 0.29) is 11.9 Å². The van der Waals surface area contributed by atoms with Gasteiger partial charge < -0.3 is 4.90 Å². The topological polar surface area (TPSA) is 48.8 Å². The second kappa shape index (κ2) is 8.23. The van der Waals surface area contributed by atoms with E-state index in [4.69, 9.17) is 4.99 Å². The Morgan fingerprint density at radius 2 is 1.89 bits per heavy atom. The number of carbonyl (C=O) groups is 1. The first-order valence-corrected chi connectivity index (χ1v) is 9.86. The minimum absolute atomic E-state index is 0.00482. The average Bonchev–Trinajstić information content (AvgIpc) is 2.63. The van der Waals surface area contributed by atoms with Gasteiger partial charge in [-0.3, -0.25) is 14.7 Å². The minimum atomic E-state index is 0.00482. The molecular weight excluding hydrogens is 348 g/mol. The number of aryl methyl sites for hydroxylation is 1. The number of rotatable bonds is 3. The summed E-state index contributed by atoms with van der Waals surface area (Å²) in [5.74, 6) is 0.737. The van der Waals surface area contributed by atoms with Crippen LogP contribution in [0.2, 0.25) is 0 Å². The zero-order chi connectivity index (χ0) is 20.4. The fourth-order valence-electron chi connectivity index (χ4n) is 3.72. The highest BCUT2D eigenvalue weighted by molar-refractivity contribution is 6.31. The number of carbonyl (C=O) groups excluding carboxylic acids is 1. The monoisotopic (exact) mass is 378 g/mol. The van der Waals surface area contributed by atoms with Crippen molar-refractivity contribution in [3.05, 3.63) is 59.1 Å². The fraction of sp³-hybridized carbons (Fsp3) is 0.435. The molecule has 5 heteroatoms. The van der Waals surface area contributed by atoms with Crippen LogP contribution in [0.5, 0.6) is 0 Å². The molecule has 5 nitrogen and oxygen atoms in total. The molecule has 0 N–H and O–H groups in total. The summed E-state index contributed by atoms with van der Waals surface area (Å²) in [4.78, 5) is 27.0. The van der Waals surface area contributed by atoms with Gasteiger partial charge in [-0.1, -0.05) is 18.2 Å². The number of amidine groups is 1. The molecule has 148 valence electrons. The normalized spacial score (nSPS) is 20.5. The van der Waals surface area contributed by atoms with Crippen LogP contribution in [0.15, 0.2) is 52.8 Å². The summed E-state index contributed by atoms with van der Waals surface area (Å²) in [6.07, 6.45) is 5.63. The van der Waals surface area contributed by atoms with E-state index in [0.29, 0.717) is 11.3 Å². The van der Waals surface area contributed by atoms with Crippen LogP contribution in [0.3, 0.4) is 0 Å². The van der Waals surface area contributed by atoms with Gasteiger partial charge in [0.05, 0.1) is 0 Å². The molecule has 0 radical (unpaired) electrons. The summed E-state index contributed by atoms with van der Waals surface area (Å²) in [6, 6.07) is 4.06. The van der Waals surface area contributed by atoms with Gasteiger partial charge in [-0.15, -0.1) is 0 Å². The molecule has 0 aliphatic carbocycles. The van der Waals surface area contributed by atoms with Crippen molar-refractivity contribution in [3.8, 4) is 0 Å². The van der Waals surface area contributed by atoms with E-state index < -0.39 is 0 Å². The van der Waals surface area contributed by atoms with Crippen LogP contribution >= 0.6 is 0 Å². The van der Waals surface area contributed by atoms with E-state index in [9.17, 15) is 4.79 Å². The number of aromatic nitrogens is 1. The molecule has 2 aliphatic rings. The van der Waals surface area contributed by atoms with Crippen molar-refractivity contribution < 1.29 is 4.79 Å². The van der Waals surface area contributed by atoms with E-state index >= 15 is 0 Å². The maximum atomic E-state index is 13.6. The predicted octanol–water partition coefficient (Wildman–Crippen LogP) is 3.98. The van der Waals surface area contributed by atoms with Crippen LogP contribution in [-0.2, 0) is 4.79 Å². The number of hydrogen-bond acceptors (Lipinski definition) is 4. The number of allylic oxidation sites excluding steroid dienone is 2. The molecular formula is C23H30N4O. The molecule has 1 amide bonds. The zero-order valence-corrected chi connectivity index (χ0v) is 17.6. The van der Waals surface area contributed by atoms with E-state index in [1.165, 1.54) is 0 Å². The number of nitrogens with zero attached hydrogens (tertiary/aromatic N) is 4. The van der Waals surface area contributed by atoms with Crippen LogP contribution in [0, 0.1) is 6.92 Å². The molecule has 1 fully saturated rings. The first kappa shape index (κ1) is 20.2. The van der Waals surface area contributed by atoms with Gasteiger partial charge in [0.1, 0.15) is 5.84 Å². The maximum absolute atomic E-state index is 13.6. The number of amides is 1. The quantitative estimate of drug-likeness (QED) is 0.799. The van der Waals surface area contributed by atoms with Crippen LogP contribution in [0.1, 0.15) is 44.9 Å². The summed E-state index contributed by atoms with van der Waals surface area (Å²) in [5, 5.41) is 0. The van der Waals surface area contributed by atoms with Crippen LogP contribution in [0.25, 0.3) is 5.57 Å². The third kappa shape index (κ3) is 4.14. The average molecular weight is 379 g/mol. The van der Waals surface area contributed by atoms with E-state index in [1.54, 1.807) is 6.20 Å². The predicted molar refractivity (Wildman–Crippen MR) is 115 cm³/mol. The Morgan fingerprint density at radius 3 is 2.43 bits per heavy atom. The summed E-state index contributed by atoms with van der Waals surface area (Å²) in [5.41, 5.74) is 5.30. The third-order valence-electron chi connectivity index (χ3n) is 5.32. The molecule has 0 spiro atoms. The number of pyridine rings is 1. The molecule has 1 saturated heterocycles. The Hall–Kier alpha value is -2.53. The second-order valence-corrected chi connectivity index (χ2v) is 8.04. The van der Waals surface area contributed by atoms with Crippen molar-refractivity contribution in [1.82, 2.24) is 14.8 Å². The smallest absolute Gasteiger partial charge is 0.260 e. The molecule has 1 aromatic heterocycles. The molecule has 0 aromatic carbocycles. The van der Waals surface area contributed by atoms with Crippen LogP contribution in [-0.4, -0.2) is 52.7 Å². The number of likely N-dealkylation sites (tertiary alicyclic amines) is 1. The Balaban J connectivity index is 2.14. The van der Waals surface area contributed by atoms with E-state index in [2.05, 4.69) is 37.4 Å². The number of hydrogen-bond donors (Lipinski definition) is 0. The standard InChI is InChI=1S/C23H30N4O/c1-15(2)20-13-21(18-8-7-17(5)24-14-18)23(28)27(22(20)25-16(3)4)19-9-11-26(6)12-10-19/h7-8,13-14,19H,3,9-12H2,1-2,4-6H3. The Kier molecular flexibility index (Phi) is 5.94. The number of piperidine rings is 1. The van der Waals surface area contributed by atoms with E-state index in [0.717, 1.165) is 54.2 Å². The SMILES string of the molecule is C=C(C)N=C1C(=C(C)C)C=C(c2ccc(C)nc2)C(=O)N1C1CCN(C)CC1. The molecule has 0 bridgehead atoms. The van der Waals surface area contributed by atoms with Crippen LogP contribution < -0.4 is 0 Å². The first-order valence-electron chi connectivity index (χ1n) is 9.86. The molecule has 1 aromatic rings. The molecule has 0 saturated carbocycles. The molecule has 3 heterocycles. The molecule has 2 aliphatic heterocycles. The van der Waals surface area contributed by atoms with Crippen LogP contribution in [0.4, 0.5) is 0 Å². The zero-order valence-electron chi connectivity index (χ0n) is 17.6. The lowest BCUT2D eigenvalue weighted by Crippen LogP contribution is -2.51. The van der Waals surface area contributed by atoms with Crippen molar-refractivity contribution in [3.63, 3.8) is 0 Å². The maximum Gasteiger partial charge on any atom is 0.260 e. The van der Waals surface area contributed by atoms with Gasteiger partial charge in [0.25, 0.3) is 5.91 Å². The Bertz CT molecular complexity index is 864. The lowest BCUT2D eigenvalue weighted by atomic mass is 9.92. The molecule has 0 unspecified atom stereocenters. The summed E-state index contributed by atoms with van der Waals surface area (Å²) < 4.78 is 0. The van der Waals surface area contributed by atoms with E-state index in [1.807, 2.05) is 37.0 Å².